The predicted molar refractivity (Wildman–Crippen MR) is 298 cm³/mol. The Hall–Kier alpha value is -2.56. The van der Waals surface area contributed by atoms with Gasteiger partial charge in [0.15, 0.2) is 6.10 Å². The first-order chi connectivity index (χ1) is 35.2. The number of esters is 3. The van der Waals surface area contributed by atoms with E-state index >= 15 is 0 Å². The number of ether oxygens (including phenoxy) is 3. The second kappa shape index (κ2) is 54.7. The van der Waals surface area contributed by atoms with E-state index in [4.69, 9.17) is 23.3 Å². The number of phosphoric acid groups is 1. The number of phosphoric ester groups is 1. The molecule has 0 saturated carbocycles. The van der Waals surface area contributed by atoms with Crippen LogP contribution in [0.3, 0.4) is 0 Å². The first kappa shape index (κ1) is 69.4. The summed E-state index contributed by atoms with van der Waals surface area (Å²) < 4.78 is 39.5. The zero-order chi connectivity index (χ0) is 52.7. The Morgan fingerprint density at radius 2 is 0.681 bits per heavy atom. The van der Waals surface area contributed by atoms with Crippen LogP contribution in [0, 0.1) is 0 Å². The molecule has 3 atom stereocenters. The average Bonchev–Trinajstić information content (AvgIpc) is 3.37. The third kappa shape index (κ3) is 52.3. The number of unbranched alkanes of at least 4 members (excludes halogenated alkanes) is 30. The molecule has 0 fully saturated rings. The molecular weight excluding hydrogens is 928 g/mol. The van der Waals surface area contributed by atoms with E-state index in [1.807, 2.05) is 0 Å². The van der Waals surface area contributed by atoms with Gasteiger partial charge in [-0.15, -0.1) is 0 Å². The summed E-state index contributed by atoms with van der Waals surface area (Å²) in [7, 11) is -4.75. The highest BCUT2D eigenvalue weighted by molar-refractivity contribution is 7.47. The highest BCUT2D eigenvalue weighted by Crippen LogP contribution is 2.43. The van der Waals surface area contributed by atoms with Crippen molar-refractivity contribution in [2.75, 3.05) is 26.4 Å². The number of rotatable bonds is 55. The van der Waals surface area contributed by atoms with Gasteiger partial charge in [0.1, 0.15) is 12.7 Å². The molecule has 0 amide bonds. The number of allylic oxidation sites excluding steroid dienone is 8. The maximum Gasteiger partial charge on any atom is 0.472 e. The fraction of sp³-hybridized carbons (Fsp3) is 0.817. The van der Waals surface area contributed by atoms with Crippen molar-refractivity contribution < 1.29 is 52.2 Å². The summed E-state index contributed by atoms with van der Waals surface area (Å²) in [5.74, 6) is -1.48. The van der Waals surface area contributed by atoms with Crippen molar-refractivity contribution in [3.63, 3.8) is 0 Å². The van der Waals surface area contributed by atoms with Crippen LogP contribution in [-0.4, -0.2) is 66.5 Å². The number of carbonyl (C=O) groups is 3. The number of hydrogen-bond acceptors (Lipinski definition) is 10. The van der Waals surface area contributed by atoms with Crippen molar-refractivity contribution in [1.82, 2.24) is 0 Å². The molecule has 0 bridgehead atoms. The molecule has 0 aliphatic carbocycles. The van der Waals surface area contributed by atoms with Gasteiger partial charge in [0, 0.05) is 19.3 Å². The molecule has 11 nitrogen and oxygen atoms in total. The summed E-state index contributed by atoms with van der Waals surface area (Å²) in [6.07, 6.45) is 57.8. The summed E-state index contributed by atoms with van der Waals surface area (Å²) in [6, 6.07) is 0. The normalized spacial score (nSPS) is 13.7. The Labute approximate surface area is 441 Å². The lowest BCUT2D eigenvalue weighted by atomic mass is 10.0. The topological polar surface area (TPSA) is 155 Å². The van der Waals surface area contributed by atoms with Gasteiger partial charge in [-0.05, 0) is 83.5 Å². The second-order valence-electron chi connectivity index (χ2n) is 19.8. The lowest BCUT2D eigenvalue weighted by Crippen LogP contribution is -2.30. The number of hydrogen-bond donors (Lipinski definition) is 2. The monoisotopic (exact) mass is 1040 g/mol. The summed E-state index contributed by atoms with van der Waals surface area (Å²) in [6.45, 7) is 4.61. The molecule has 420 valence electrons. The Kier molecular flexibility index (Phi) is 52.7. The fourth-order valence-electron chi connectivity index (χ4n) is 8.18. The van der Waals surface area contributed by atoms with E-state index in [9.17, 15) is 28.9 Å². The smallest absolute Gasteiger partial charge is 0.462 e. The summed E-state index contributed by atoms with van der Waals surface area (Å²) >= 11 is 0. The zero-order valence-electron chi connectivity index (χ0n) is 46.4. The van der Waals surface area contributed by atoms with Crippen molar-refractivity contribution in [2.45, 2.75) is 290 Å². The maximum atomic E-state index is 12.9. The molecule has 12 heteroatoms. The van der Waals surface area contributed by atoms with Crippen LogP contribution in [-0.2, 0) is 42.2 Å². The van der Waals surface area contributed by atoms with Crippen molar-refractivity contribution in [2.24, 2.45) is 0 Å². The minimum absolute atomic E-state index is 0.156. The Morgan fingerprint density at radius 1 is 0.389 bits per heavy atom. The quantitative estimate of drug-likeness (QED) is 0.0197. The van der Waals surface area contributed by atoms with Gasteiger partial charge in [-0.25, -0.2) is 4.57 Å². The molecule has 0 spiro atoms. The molecule has 0 heterocycles. The molecule has 0 saturated heterocycles. The van der Waals surface area contributed by atoms with Gasteiger partial charge in [0.2, 0.25) is 0 Å². The van der Waals surface area contributed by atoms with Crippen LogP contribution < -0.4 is 0 Å². The Bertz CT molecular complexity index is 1400. The Balaban J connectivity index is 4.71. The van der Waals surface area contributed by atoms with E-state index in [1.54, 1.807) is 0 Å². The first-order valence-electron chi connectivity index (χ1n) is 29.5. The van der Waals surface area contributed by atoms with E-state index < -0.39 is 57.8 Å². The van der Waals surface area contributed by atoms with Crippen LogP contribution in [0.15, 0.2) is 48.6 Å². The number of aliphatic hydroxyl groups is 1. The van der Waals surface area contributed by atoms with Crippen LogP contribution in [0.5, 0.6) is 0 Å². The van der Waals surface area contributed by atoms with Crippen LogP contribution in [0.2, 0.25) is 0 Å². The van der Waals surface area contributed by atoms with E-state index in [2.05, 4.69) is 69.4 Å². The molecule has 0 rings (SSSR count). The molecule has 0 aromatic rings. The fourth-order valence-corrected chi connectivity index (χ4v) is 8.97. The molecule has 0 aliphatic rings. The van der Waals surface area contributed by atoms with Gasteiger partial charge in [0.05, 0.1) is 19.8 Å². The van der Waals surface area contributed by atoms with Gasteiger partial charge < -0.3 is 24.2 Å². The molecule has 2 N–H and O–H groups in total. The van der Waals surface area contributed by atoms with Gasteiger partial charge >= 0.3 is 25.7 Å². The predicted octanol–water partition coefficient (Wildman–Crippen LogP) is 17.4. The molecular formula is C60H109O11P. The average molecular weight is 1040 g/mol. The van der Waals surface area contributed by atoms with Crippen molar-refractivity contribution in [1.29, 1.82) is 0 Å². The van der Waals surface area contributed by atoms with E-state index in [-0.39, 0.29) is 25.9 Å². The maximum absolute atomic E-state index is 12.9. The number of aliphatic hydroxyl groups excluding tert-OH is 1. The summed E-state index contributed by atoms with van der Waals surface area (Å²) in [5, 5.41) is 9.81. The van der Waals surface area contributed by atoms with Gasteiger partial charge in [-0.2, -0.15) is 0 Å². The molecule has 3 unspecified atom stereocenters. The van der Waals surface area contributed by atoms with E-state index in [0.29, 0.717) is 19.3 Å². The highest BCUT2D eigenvalue weighted by Gasteiger charge is 2.28. The van der Waals surface area contributed by atoms with E-state index in [1.165, 1.54) is 109 Å². The zero-order valence-corrected chi connectivity index (χ0v) is 47.3. The first-order valence-corrected chi connectivity index (χ1v) is 31.0. The lowest BCUT2D eigenvalue weighted by molar-refractivity contribution is -0.161. The van der Waals surface area contributed by atoms with Crippen LogP contribution in [0.1, 0.15) is 278 Å². The van der Waals surface area contributed by atoms with Crippen LogP contribution >= 0.6 is 7.82 Å². The van der Waals surface area contributed by atoms with Crippen LogP contribution in [0.25, 0.3) is 0 Å². The highest BCUT2D eigenvalue weighted by atomic mass is 31.2. The van der Waals surface area contributed by atoms with Crippen molar-refractivity contribution in [3.05, 3.63) is 48.6 Å². The van der Waals surface area contributed by atoms with Crippen molar-refractivity contribution >= 4 is 25.7 Å². The van der Waals surface area contributed by atoms with Crippen molar-refractivity contribution in [3.8, 4) is 0 Å². The molecule has 0 radical (unpaired) electrons. The summed E-state index contributed by atoms with van der Waals surface area (Å²) in [4.78, 5) is 48.5. The van der Waals surface area contributed by atoms with Gasteiger partial charge in [-0.1, -0.05) is 223 Å². The third-order valence-corrected chi connectivity index (χ3v) is 13.7. The van der Waals surface area contributed by atoms with Gasteiger partial charge in [0.25, 0.3) is 0 Å². The molecule has 0 aliphatic heterocycles. The van der Waals surface area contributed by atoms with Gasteiger partial charge in [-0.3, -0.25) is 23.4 Å². The Morgan fingerprint density at radius 3 is 1.10 bits per heavy atom. The minimum atomic E-state index is -4.75. The van der Waals surface area contributed by atoms with E-state index in [0.717, 1.165) is 109 Å². The molecule has 0 aromatic carbocycles. The third-order valence-electron chi connectivity index (χ3n) is 12.7. The largest absolute Gasteiger partial charge is 0.472 e. The SMILES string of the molecule is CCCCC/C=C\C/C=C\C/C=C\CCCCCCCCC(=O)OCC(COP(=O)(O)OCC(CO)OC(=O)CCCCCCCCCCCCCCC)OC(=O)CCCCCCC/C=C\CCCCCC. The standard InChI is InChI=1S/C60H109O11P/c1-4-7-10-13-16-19-22-25-26-27-28-29-30-33-34-37-40-43-46-49-58(62)67-53-57(71-60(64)51-48-45-42-39-36-32-24-21-18-15-12-9-6-3)55-69-72(65,66)68-54-56(52-61)70-59(63)50-47-44-41-38-35-31-23-20-17-14-11-8-5-2/h16,19,21,24-26,28-29,56-57,61H,4-15,17-18,20,22-23,27,30-55H2,1-3H3,(H,65,66)/b19-16-,24-21-,26-25-,29-28-. The lowest BCUT2D eigenvalue weighted by Gasteiger charge is -2.21. The van der Waals surface area contributed by atoms with Crippen LogP contribution in [0.4, 0.5) is 0 Å². The minimum Gasteiger partial charge on any atom is -0.462 e. The second-order valence-corrected chi connectivity index (χ2v) is 21.3. The molecule has 72 heavy (non-hydrogen) atoms. The molecule has 0 aromatic heterocycles. The number of carbonyl (C=O) groups excluding carboxylic acids is 3. The summed E-state index contributed by atoms with van der Waals surface area (Å²) in [5.41, 5.74) is 0.